The van der Waals surface area contributed by atoms with Gasteiger partial charge in [0.05, 0.1) is 4.90 Å². The summed E-state index contributed by atoms with van der Waals surface area (Å²) in [4.78, 5) is 13.0. The van der Waals surface area contributed by atoms with E-state index >= 15 is 0 Å². The third-order valence-corrected chi connectivity index (χ3v) is 6.60. The Morgan fingerprint density at radius 3 is 2.25 bits per heavy atom. The van der Waals surface area contributed by atoms with Gasteiger partial charge in [-0.2, -0.15) is 0 Å². The summed E-state index contributed by atoms with van der Waals surface area (Å²) >= 11 is 0. The lowest BCUT2D eigenvalue weighted by Gasteiger charge is -2.30. The van der Waals surface area contributed by atoms with E-state index in [4.69, 9.17) is 0 Å². The second-order valence-corrected chi connectivity index (χ2v) is 8.21. The number of benzene rings is 3. The van der Waals surface area contributed by atoms with Gasteiger partial charge in [0.15, 0.2) is 0 Å². The Balaban J connectivity index is 1.94. The van der Waals surface area contributed by atoms with Crippen LogP contribution >= 0.6 is 0 Å². The van der Waals surface area contributed by atoms with Crippen molar-refractivity contribution < 1.29 is 18.3 Å². The van der Waals surface area contributed by atoms with Gasteiger partial charge in [0.25, 0.3) is 15.9 Å². The molecule has 4 rings (SSSR count). The van der Waals surface area contributed by atoms with Crippen LogP contribution in [0, 0.1) is 0 Å². The number of aliphatic hydroxyl groups excluding tert-OH is 1. The lowest BCUT2D eigenvalue weighted by atomic mass is 10.00. The molecule has 3 aromatic carbocycles. The fourth-order valence-electron chi connectivity index (χ4n) is 3.36. The van der Waals surface area contributed by atoms with Gasteiger partial charge in [-0.1, -0.05) is 42.5 Å². The molecule has 0 saturated carbocycles. The van der Waals surface area contributed by atoms with E-state index in [0.717, 1.165) is 15.1 Å². The number of nitrogens with zero attached hydrogens (tertiary/aromatic N) is 1. The van der Waals surface area contributed by atoms with E-state index < -0.39 is 21.8 Å². The van der Waals surface area contributed by atoms with E-state index in [9.17, 15) is 18.3 Å². The monoisotopic (exact) mass is 394 g/mol. The van der Waals surface area contributed by atoms with Gasteiger partial charge >= 0.3 is 0 Å². The molecule has 0 radical (unpaired) electrons. The third kappa shape index (κ3) is 2.80. The predicted octanol–water partition coefficient (Wildman–Crippen LogP) is 3.73. The van der Waals surface area contributed by atoms with E-state index in [2.05, 4.69) is 5.32 Å². The van der Waals surface area contributed by atoms with Crippen LogP contribution in [0.4, 0.5) is 5.69 Å². The minimum Gasteiger partial charge on any atom is -0.493 e. The topological polar surface area (TPSA) is 86.7 Å². The lowest BCUT2D eigenvalue weighted by Crippen LogP contribution is -2.36. The standard InChI is InChI=1S/C21H18N2O4S/c1-2-23-21(25)19(20(24)22-16-10-4-3-5-11-16)17-12-14-8-6-7-9-15(14)13-18(17)28(23,26)27/h3-13,25H,2H2,1H3,(H,22,24). The van der Waals surface area contributed by atoms with Gasteiger partial charge in [0.2, 0.25) is 5.88 Å². The smallest absolute Gasteiger partial charge is 0.267 e. The number of aliphatic hydroxyl groups is 1. The summed E-state index contributed by atoms with van der Waals surface area (Å²) in [5.74, 6) is -1.15. The van der Waals surface area contributed by atoms with E-state index in [1.807, 2.05) is 30.3 Å². The van der Waals surface area contributed by atoms with Crippen LogP contribution in [0.15, 0.2) is 77.5 Å². The highest BCUT2D eigenvalue weighted by Gasteiger charge is 2.39. The number of anilines is 1. The molecule has 0 unspecified atom stereocenters. The molecule has 28 heavy (non-hydrogen) atoms. The van der Waals surface area contributed by atoms with E-state index in [1.54, 1.807) is 43.3 Å². The second kappa shape index (κ2) is 6.69. The molecule has 7 heteroatoms. The summed E-state index contributed by atoms with van der Waals surface area (Å²) in [6.45, 7) is 1.61. The average Bonchev–Trinajstić information content (AvgIpc) is 2.68. The number of hydrogen-bond acceptors (Lipinski definition) is 4. The minimum atomic E-state index is -3.97. The minimum absolute atomic E-state index is 0.00253. The molecular formula is C21H18N2O4S. The SMILES string of the molecule is CCN1C(O)=C(C(=O)Nc2ccccc2)c2cc3ccccc3cc2S1(=O)=O. The number of para-hydroxylation sites is 1. The quantitative estimate of drug-likeness (QED) is 0.709. The number of nitrogens with one attached hydrogen (secondary N) is 1. The number of carbonyl (C=O) groups is 1. The van der Waals surface area contributed by atoms with Crippen molar-refractivity contribution in [3.63, 3.8) is 0 Å². The molecule has 0 atom stereocenters. The van der Waals surface area contributed by atoms with Gasteiger partial charge in [0, 0.05) is 17.8 Å². The molecule has 1 amide bonds. The number of carbonyl (C=O) groups excluding carboxylic acids is 1. The Bertz CT molecular complexity index is 1220. The number of amides is 1. The molecule has 0 bridgehead atoms. The van der Waals surface area contributed by atoms with Gasteiger partial charge in [-0.05, 0) is 42.0 Å². The maximum absolute atomic E-state index is 13.0. The van der Waals surface area contributed by atoms with Gasteiger partial charge < -0.3 is 10.4 Å². The molecule has 3 aromatic rings. The lowest BCUT2D eigenvalue weighted by molar-refractivity contribution is -0.111. The summed E-state index contributed by atoms with van der Waals surface area (Å²) in [6.07, 6.45) is 0. The fourth-order valence-corrected chi connectivity index (χ4v) is 4.98. The van der Waals surface area contributed by atoms with Gasteiger partial charge in [-0.25, -0.2) is 12.7 Å². The van der Waals surface area contributed by atoms with E-state index in [1.165, 1.54) is 0 Å². The maximum Gasteiger partial charge on any atom is 0.267 e. The molecule has 0 aromatic heterocycles. The fraction of sp³-hybridized carbons (Fsp3) is 0.0952. The molecule has 0 fully saturated rings. The molecule has 1 aliphatic heterocycles. The number of sulfonamides is 1. The Morgan fingerprint density at radius 2 is 1.61 bits per heavy atom. The largest absolute Gasteiger partial charge is 0.493 e. The molecule has 1 heterocycles. The molecule has 0 spiro atoms. The molecule has 1 aliphatic rings. The van der Waals surface area contributed by atoms with Crippen molar-refractivity contribution >= 4 is 38.0 Å². The second-order valence-electron chi connectivity index (χ2n) is 6.38. The van der Waals surface area contributed by atoms with Gasteiger partial charge in [-0.15, -0.1) is 0 Å². The molecule has 6 nitrogen and oxygen atoms in total. The number of hydrogen-bond donors (Lipinski definition) is 2. The predicted molar refractivity (Wildman–Crippen MR) is 108 cm³/mol. The van der Waals surface area contributed by atoms with Crippen LogP contribution in [0.3, 0.4) is 0 Å². The first kappa shape index (κ1) is 18.1. The Labute approximate surface area is 162 Å². The number of rotatable bonds is 3. The van der Waals surface area contributed by atoms with Crippen LogP contribution in [0.1, 0.15) is 12.5 Å². The zero-order valence-corrected chi connectivity index (χ0v) is 15.9. The summed E-state index contributed by atoms with van der Waals surface area (Å²) in [5.41, 5.74) is 0.669. The zero-order valence-electron chi connectivity index (χ0n) is 15.1. The highest BCUT2D eigenvalue weighted by Crippen LogP contribution is 2.38. The number of fused-ring (bicyclic) bond motifs is 2. The molecule has 0 aliphatic carbocycles. The van der Waals surface area contributed by atoms with Crippen molar-refractivity contribution in [1.82, 2.24) is 4.31 Å². The van der Waals surface area contributed by atoms with Crippen LogP contribution in [0.25, 0.3) is 16.3 Å². The molecule has 142 valence electrons. The highest BCUT2D eigenvalue weighted by atomic mass is 32.2. The maximum atomic E-state index is 13.0. The summed E-state index contributed by atoms with van der Waals surface area (Å²) in [6, 6.07) is 19.3. The van der Waals surface area contributed by atoms with Crippen molar-refractivity contribution in [2.45, 2.75) is 11.8 Å². The Hall–Kier alpha value is -3.32. The van der Waals surface area contributed by atoms with Gasteiger partial charge in [0.1, 0.15) is 5.57 Å². The van der Waals surface area contributed by atoms with Crippen LogP contribution in [-0.2, 0) is 14.8 Å². The van der Waals surface area contributed by atoms with Crippen molar-refractivity contribution in [2.75, 3.05) is 11.9 Å². The zero-order chi connectivity index (χ0) is 19.9. The van der Waals surface area contributed by atoms with Gasteiger partial charge in [-0.3, -0.25) is 4.79 Å². The Morgan fingerprint density at radius 1 is 1.00 bits per heavy atom. The molecular weight excluding hydrogens is 376 g/mol. The first-order valence-electron chi connectivity index (χ1n) is 8.79. The van der Waals surface area contributed by atoms with Crippen LogP contribution in [-0.4, -0.2) is 30.3 Å². The van der Waals surface area contributed by atoms with E-state index in [0.29, 0.717) is 5.69 Å². The first-order chi connectivity index (χ1) is 13.4. The highest BCUT2D eigenvalue weighted by molar-refractivity contribution is 7.89. The van der Waals surface area contributed by atoms with E-state index in [-0.39, 0.29) is 22.6 Å². The Kier molecular flexibility index (Phi) is 4.31. The van der Waals surface area contributed by atoms with Crippen LogP contribution in [0.2, 0.25) is 0 Å². The molecule has 0 saturated heterocycles. The van der Waals surface area contributed by atoms with Crippen molar-refractivity contribution in [1.29, 1.82) is 0 Å². The average molecular weight is 394 g/mol. The third-order valence-electron chi connectivity index (χ3n) is 4.69. The summed E-state index contributed by atoms with van der Waals surface area (Å²) < 4.78 is 26.9. The first-order valence-corrected chi connectivity index (χ1v) is 10.2. The van der Waals surface area contributed by atoms with Crippen molar-refractivity contribution in [3.05, 3.63) is 78.2 Å². The molecule has 2 N–H and O–H groups in total. The normalized spacial score (nSPS) is 15.4. The summed E-state index contributed by atoms with van der Waals surface area (Å²) in [7, 11) is -3.97. The van der Waals surface area contributed by atoms with Crippen molar-refractivity contribution in [2.24, 2.45) is 0 Å². The van der Waals surface area contributed by atoms with Crippen molar-refractivity contribution in [3.8, 4) is 0 Å². The summed E-state index contributed by atoms with van der Waals surface area (Å²) in [5, 5.41) is 14.9. The van der Waals surface area contributed by atoms with Crippen LogP contribution in [0.5, 0.6) is 0 Å². The van der Waals surface area contributed by atoms with Crippen LogP contribution < -0.4 is 5.32 Å².